The highest BCUT2D eigenvalue weighted by atomic mass is 15.1. The van der Waals surface area contributed by atoms with E-state index in [1.165, 1.54) is 6.33 Å². The molecule has 0 aromatic carbocycles. The van der Waals surface area contributed by atoms with Crippen molar-refractivity contribution in [3.63, 3.8) is 0 Å². The Morgan fingerprint density at radius 2 is 2.27 bits per heavy atom. The van der Waals surface area contributed by atoms with E-state index in [0.717, 1.165) is 24.1 Å². The van der Waals surface area contributed by atoms with Crippen LogP contribution in [-0.4, -0.2) is 19.5 Å². The van der Waals surface area contributed by atoms with Crippen molar-refractivity contribution in [2.75, 3.05) is 5.73 Å². The molecule has 0 fully saturated rings. The minimum atomic E-state index is 0.471. The maximum absolute atomic E-state index is 5.77. The lowest BCUT2D eigenvalue weighted by molar-refractivity contribution is 0.712. The summed E-state index contributed by atoms with van der Waals surface area (Å²) in [5, 5.41) is 0. The molecule has 2 aromatic heterocycles. The maximum atomic E-state index is 5.77. The van der Waals surface area contributed by atoms with E-state index in [-0.39, 0.29) is 0 Å². The zero-order valence-electron chi connectivity index (χ0n) is 8.64. The smallest absolute Gasteiger partial charge is 0.182 e. The normalized spacial score (nSPS) is 10.7. The molecule has 0 saturated carbocycles. The van der Waals surface area contributed by atoms with Gasteiger partial charge in [0.1, 0.15) is 11.8 Å². The molecule has 5 heteroatoms. The van der Waals surface area contributed by atoms with Crippen molar-refractivity contribution < 1.29 is 0 Å². The molecule has 15 heavy (non-hydrogen) atoms. The van der Waals surface area contributed by atoms with Crippen molar-refractivity contribution in [3.8, 4) is 0 Å². The summed E-state index contributed by atoms with van der Waals surface area (Å²) >= 11 is 0. The van der Waals surface area contributed by atoms with Crippen LogP contribution in [0.15, 0.2) is 24.8 Å². The first-order chi connectivity index (χ1) is 7.18. The average Bonchev–Trinajstić information content (AvgIpc) is 2.59. The van der Waals surface area contributed by atoms with E-state index in [2.05, 4.69) is 21.5 Å². The van der Waals surface area contributed by atoms with Crippen molar-refractivity contribution in [3.05, 3.63) is 24.8 Å². The van der Waals surface area contributed by atoms with Gasteiger partial charge in [-0.2, -0.15) is 0 Å². The fourth-order valence-electron chi connectivity index (χ4n) is 1.42. The summed E-state index contributed by atoms with van der Waals surface area (Å²) < 4.78 is 1.96. The van der Waals surface area contributed by atoms with Crippen molar-refractivity contribution in [1.82, 2.24) is 19.5 Å². The first kappa shape index (κ1) is 9.64. The topological polar surface area (TPSA) is 69.6 Å². The van der Waals surface area contributed by atoms with Gasteiger partial charge in [0.05, 0.1) is 6.33 Å². The first-order valence-electron chi connectivity index (χ1n) is 4.74. The van der Waals surface area contributed by atoms with Gasteiger partial charge in [-0.3, -0.25) is 0 Å². The van der Waals surface area contributed by atoms with Gasteiger partial charge < -0.3 is 10.3 Å². The van der Waals surface area contributed by atoms with Gasteiger partial charge >= 0.3 is 0 Å². The van der Waals surface area contributed by atoms with Crippen LogP contribution in [0.3, 0.4) is 0 Å². The van der Waals surface area contributed by atoms with Gasteiger partial charge in [0.15, 0.2) is 11.5 Å². The number of allylic oxidation sites excluding steroid dienone is 1. The summed E-state index contributed by atoms with van der Waals surface area (Å²) in [6.45, 7) is 6.67. The minimum absolute atomic E-state index is 0.471. The van der Waals surface area contributed by atoms with Crippen LogP contribution in [0.2, 0.25) is 0 Å². The van der Waals surface area contributed by atoms with E-state index < -0.39 is 0 Å². The van der Waals surface area contributed by atoms with Crippen molar-refractivity contribution in [2.24, 2.45) is 0 Å². The highest BCUT2D eigenvalue weighted by Gasteiger charge is 2.07. The predicted octanol–water partition coefficient (Wildman–Crippen LogP) is 1.37. The van der Waals surface area contributed by atoms with Crippen molar-refractivity contribution in [2.45, 2.75) is 19.9 Å². The molecule has 0 radical (unpaired) electrons. The third-order valence-corrected chi connectivity index (χ3v) is 2.22. The minimum Gasteiger partial charge on any atom is -0.382 e. The van der Waals surface area contributed by atoms with Crippen LogP contribution < -0.4 is 5.73 Å². The molecule has 0 bridgehead atoms. The molecular formula is C10H13N5. The molecule has 5 nitrogen and oxygen atoms in total. The number of nitrogens with zero attached hydrogens (tertiary/aromatic N) is 4. The van der Waals surface area contributed by atoms with E-state index in [9.17, 15) is 0 Å². The summed E-state index contributed by atoms with van der Waals surface area (Å²) in [6.07, 6.45) is 4.06. The Kier molecular flexibility index (Phi) is 2.37. The Morgan fingerprint density at radius 1 is 1.47 bits per heavy atom. The second-order valence-corrected chi connectivity index (χ2v) is 3.58. The maximum Gasteiger partial charge on any atom is 0.182 e. The summed E-state index contributed by atoms with van der Waals surface area (Å²) in [5.74, 6) is 0.471. The molecule has 0 unspecified atom stereocenters. The van der Waals surface area contributed by atoms with Crippen LogP contribution in [0.4, 0.5) is 5.82 Å². The Hall–Kier alpha value is -1.91. The van der Waals surface area contributed by atoms with Gasteiger partial charge in [-0.25, -0.2) is 15.0 Å². The van der Waals surface area contributed by atoms with Crippen molar-refractivity contribution >= 4 is 17.0 Å². The Balaban J connectivity index is 2.39. The molecule has 2 rings (SSSR count). The zero-order chi connectivity index (χ0) is 10.8. The Labute approximate surface area is 87.7 Å². The molecule has 0 aliphatic heterocycles. The number of imidazole rings is 1. The van der Waals surface area contributed by atoms with Crippen molar-refractivity contribution in [1.29, 1.82) is 0 Å². The van der Waals surface area contributed by atoms with Crippen LogP contribution in [0, 0.1) is 0 Å². The molecule has 2 heterocycles. The predicted molar refractivity (Wildman–Crippen MR) is 59.2 cm³/mol. The Bertz CT molecular complexity index is 499. The van der Waals surface area contributed by atoms with Crippen LogP contribution in [0.1, 0.15) is 13.3 Å². The molecule has 2 aromatic rings. The van der Waals surface area contributed by atoms with E-state index in [1.54, 1.807) is 6.33 Å². The zero-order valence-corrected chi connectivity index (χ0v) is 8.64. The van der Waals surface area contributed by atoms with Gasteiger partial charge in [0.2, 0.25) is 0 Å². The highest BCUT2D eigenvalue weighted by Crippen LogP contribution is 2.16. The van der Waals surface area contributed by atoms with Gasteiger partial charge in [-0.05, 0) is 13.3 Å². The van der Waals surface area contributed by atoms with Gasteiger partial charge in [-0.15, -0.1) is 6.58 Å². The van der Waals surface area contributed by atoms with Crippen LogP contribution in [0.25, 0.3) is 11.2 Å². The SMILES string of the molecule is C=C(C)CCn1cnc2ncnc(N)c21. The molecule has 0 atom stereocenters. The number of rotatable bonds is 3. The lowest BCUT2D eigenvalue weighted by Gasteiger charge is -2.04. The van der Waals surface area contributed by atoms with Gasteiger partial charge in [0.25, 0.3) is 0 Å². The van der Waals surface area contributed by atoms with Gasteiger partial charge in [0, 0.05) is 6.54 Å². The quantitative estimate of drug-likeness (QED) is 0.765. The number of nitrogens with two attached hydrogens (primary N) is 1. The van der Waals surface area contributed by atoms with Crippen LogP contribution in [0.5, 0.6) is 0 Å². The summed E-state index contributed by atoms with van der Waals surface area (Å²) in [6, 6.07) is 0. The second kappa shape index (κ2) is 3.68. The number of nitrogen functional groups attached to an aromatic ring is 1. The molecule has 0 aliphatic rings. The summed E-state index contributed by atoms with van der Waals surface area (Å²) in [7, 11) is 0. The number of aromatic nitrogens is 4. The largest absolute Gasteiger partial charge is 0.382 e. The van der Waals surface area contributed by atoms with Crippen LogP contribution in [-0.2, 0) is 6.54 Å². The lowest BCUT2D eigenvalue weighted by atomic mass is 10.2. The third kappa shape index (κ3) is 1.81. The monoisotopic (exact) mass is 203 g/mol. The Morgan fingerprint density at radius 3 is 3.00 bits per heavy atom. The van der Waals surface area contributed by atoms with E-state index in [1.807, 2.05) is 11.5 Å². The lowest BCUT2D eigenvalue weighted by Crippen LogP contribution is -2.01. The average molecular weight is 203 g/mol. The molecule has 0 spiro atoms. The summed E-state index contributed by atoms with van der Waals surface area (Å²) in [5.41, 5.74) is 8.35. The first-order valence-corrected chi connectivity index (χ1v) is 4.74. The highest BCUT2D eigenvalue weighted by molar-refractivity contribution is 5.81. The number of aryl methyl sites for hydroxylation is 1. The van der Waals surface area contributed by atoms with Crippen LogP contribution >= 0.6 is 0 Å². The molecule has 0 saturated heterocycles. The molecular weight excluding hydrogens is 190 g/mol. The molecule has 0 amide bonds. The fraction of sp³-hybridized carbons (Fsp3) is 0.300. The fourth-order valence-corrected chi connectivity index (χ4v) is 1.42. The molecule has 0 aliphatic carbocycles. The number of fused-ring (bicyclic) bond motifs is 1. The standard InChI is InChI=1S/C10H13N5/c1-7(2)3-4-15-6-14-10-8(15)9(11)12-5-13-10/h5-6H,1,3-4H2,2H3,(H2,11,12,13). The second-order valence-electron chi connectivity index (χ2n) is 3.58. The molecule has 2 N–H and O–H groups in total. The number of anilines is 1. The van der Waals surface area contributed by atoms with Gasteiger partial charge in [-0.1, -0.05) is 5.57 Å². The molecule has 78 valence electrons. The summed E-state index contributed by atoms with van der Waals surface area (Å²) in [4.78, 5) is 12.2. The number of hydrogen-bond acceptors (Lipinski definition) is 4. The number of hydrogen-bond donors (Lipinski definition) is 1. The van der Waals surface area contributed by atoms with E-state index in [0.29, 0.717) is 11.5 Å². The van der Waals surface area contributed by atoms with E-state index in [4.69, 9.17) is 5.73 Å². The van der Waals surface area contributed by atoms with E-state index >= 15 is 0 Å². The third-order valence-electron chi connectivity index (χ3n) is 2.22.